The number of benzene rings is 1. The molecule has 2 aliphatic rings. The van der Waals surface area contributed by atoms with Gasteiger partial charge in [-0.25, -0.2) is 4.79 Å². The van der Waals surface area contributed by atoms with E-state index in [9.17, 15) is 19.2 Å². The van der Waals surface area contributed by atoms with Crippen LogP contribution in [0.25, 0.3) is 0 Å². The van der Waals surface area contributed by atoms with Gasteiger partial charge in [-0.1, -0.05) is 37.0 Å². The number of nitrogens with zero attached hydrogens (tertiary/aromatic N) is 1. The topological polar surface area (TPSA) is 108 Å². The second-order valence-corrected chi connectivity index (χ2v) is 7.12. The number of urea groups is 1. The van der Waals surface area contributed by atoms with Crippen molar-refractivity contribution in [2.24, 2.45) is 0 Å². The molecule has 1 aliphatic carbocycles. The fourth-order valence-corrected chi connectivity index (χ4v) is 3.57. The third-order valence-corrected chi connectivity index (χ3v) is 5.02. The average Bonchev–Trinajstić information content (AvgIpc) is 2.86. The Morgan fingerprint density at radius 1 is 1.19 bits per heavy atom. The minimum absolute atomic E-state index is 0.0401. The van der Waals surface area contributed by atoms with Gasteiger partial charge in [-0.2, -0.15) is 5.01 Å². The van der Waals surface area contributed by atoms with Gasteiger partial charge in [-0.15, -0.1) is 0 Å². The van der Waals surface area contributed by atoms with E-state index in [2.05, 4.69) is 16.1 Å². The minimum atomic E-state index is -0.873. The molecule has 2 fully saturated rings. The maximum absolute atomic E-state index is 12.6. The number of nitrogens with one attached hydrogen (secondary N) is 3. The first kappa shape index (κ1) is 18.9. The Hall–Kier alpha value is -2.90. The van der Waals surface area contributed by atoms with E-state index >= 15 is 0 Å². The van der Waals surface area contributed by atoms with E-state index in [1.165, 1.54) is 0 Å². The first-order valence-electron chi connectivity index (χ1n) is 9.22. The molecule has 1 aliphatic heterocycles. The summed E-state index contributed by atoms with van der Waals surface area (Å²) in [6.07, 6.45) is 3.93. The molecule has 0 aromatic heterocycles. The number of hydrogen-bond donors (Lipinski definition) is 3. The maximum atomic E-state index is 12.6. The molecule has 3 N–H and O–H groups in total. The summed E-state index contributed by atoms with van der Waals surface area (Å²) in [5.74, 6) is -1.18. The predicted octanol–water partition coefficient (Wildman–Crippen LogP) is 1.40. The van der Waals surface area contributed by atoms with Crippen molar-refractivity contribution in [3.8, 4) is 0 Å². The summed E-state index contributed by atoms with van der Waals surface area (Å²) in [5, 5.41) is 6.16. The van der Waals surface area contributed by atoms with Gasteiger partial charge in [0.2, 0.25) is 5.91 Å². The Balaban J connectivity index is 1.48. The Labute approximate surface area is 157 Å². The SMILES string of the molecule is Cc1cccc(C(=O)NCCC(=O)NN2C(=O)NC3(CCCCC3)C2=O)c1. The number of carbonyl (C=O) groups excluding carboxylic acids is 4. The van der Waals surface area contributed by atoms with Gasteiger partial charge in [-0.05, 0) is 31.9 Å². The lowest BCUT2D eigenvalue weighted by atomic mass is 9.82. The second-order valence-electron chi connectivity index (χ2n) is 7.12. The van der Waals surface area contributed by atoms with Gasteiger partial charge in [0, 0.05) is 18.5 Å². The minimum Gasteiger partial charge on any atom is -0.352 e. The molecule has 0 bridgehead atoms. The zero-order chi connectivity index (χ0) is 19.4. The molecule has 0 radical (unpaired) electrons. The van der Waals surface area contributed by atoms with Crippen molar-refractivity contribution in [3.05, 3.63) is 35.4 Å². The lowest BCUT2D eigenvalue weighted by Gasteiger charge is -2.30. The van der Waals surface area contributed by atoms with E-state index in [0.29, 0.717) is 18.4 Å². The van der Waals surface area contributed by atoms with Gasteiger partial charge < -0.3 is 10.6 Å². The smallest absolute Gasteiger partial charge is 0.344 e. The molecule has 1 aromatic rings. The monoisotopic (exact) mass is 372 g/mol. The van der Waals surface area contributed by atoms with Crippen LogP contribution in [0.2, 0.25) is 0 Å². The van der Waals surface area contributed by atoms with Crippen LogP contribution in [0.5, 0.6) is 0 Å². The Morgan fingerprint density at radius 3 is 2.63 bits per heavy atom. The lowest BCUT2D eigenvalue weighted by molar-refractivity contribution is -0.139. The molecule has 1 heterocycles. The molecule has 0 unspecified atom stereocenters. The number of carbonyl (C=O) groups is 4. The van der Waals surface area contributed by atoms with Crippen LogP contribution in [-0.2, 0) is 9.59 Å². The molecular weight excluding hydrogens is 348 g/mol. The normalized spacial score (nSPS) is 18.3. The highest BCUT2D eigenvalue weighted by Crippen LogP contribution is 2.32. The van der Waals surface area contributed by atoms with Gasteiger partial charge in [0.25, 0.3) is 11.8 Å². The van der Waals surface area contributed by atoms with Crippen LogP contribution >= 0.6 is 0 Å². The van der Waals surface area contributed by atoms with E-state index < -0.39 is 23.4 Å². The number of imide groups is 1. The highest BCUT2D eigenvalue weighted by atomic mass is 16.2. The summed E-state index contributed by atoms with van der Waals surface area (Å²) >= 11 is 0. The van der Waals surface area contributed by atoms with Crippen LogP contribution in [0.3, 0.4) is 0 Å². The van der Waals surface area contributed by atoms with Crippen molar-refractivity contribution >= 4 is 23.8 Å². The van der Waals surface area contributed by atoms with E-state index in [-0.39, 0.29) is 18.9 Å². The van der Waals surface area contributed by atoms with E-state index in [0.717, 1.165) is 29.8 Å². The van der Waals surface area contributed by atoms with Crippen LogP contribution in [0.4, 0.5) is 4.79 Å². The fourth-order valence-electron chi connectivity index (χ4n) is 3.57. The third kappa shape index (κ3) is 4.10. The number of aryl methyl sites for hydroxylation is 1. The molecule has 27 heavy (non-hydrogen) atoms. The van der Waals surface area contributed by atoms with Crippen molar-refractivity contribution < 1.29 is 19.2 Å². The van der Waals surface area contributed by atoms with Crippen molar-refractivity contribution in [1.82, 2.24) is 21.1 Å². The zero-order valence-electron chi connectivity index (χ0n) is 15.3. The lowest BCUT2D eigenvalue weighted by Crippen LogP contribution is -2.51. The highest BCUT2D eigenvalue weighted by Gasteiger charge is 2.52. The van der Waals surface area contributed by atoms with Crippen molar-refractivity contribution in [1.29, 1.82) is 0 Å². The molecule has 144 valence electrons. The standard InChI is InChI=1S/C19H24N4O4/c1-13-6-5-7-14(12-13)16(25)20-11-8-15(24)22-23-17(26)19(21-18(23)27)9-3-2-4-10-19/h5-7,12H,2-4,8-11H2,1H3,(H,20,25)(H,21,27)(H,22,24). The molecule has 8 heteroatoms. The van der Waals surface area contributed by atoms with Gasteiger partial charge in [0.05, 0.1) is 0 Å². The number of hydrazine groups is 1. The molecule has 5 amide bonds. The van der Waals surface area contributed by atoms with E-state index in [1.54, 1.807) is 18.2 Å². The Kier molecular flexibility index (Phi) is 5.43. The predicted molar refractivity (Wildman–Crippen MR) is 97.5 cm³/mol. The van der Waals surface area contributed by atoms with Crippen LogP contribution in [-0.4, -0.2) is 40.8 Å². The first-order valence-corrected chi connectivity index (χ1v) is 9.22. The van der Waals surface area contributed by atoms with Crippen molar-refractivity contribution in [3.63, 3.8) is 0 Å². The van der Waals surface area contributed by atoms with Crippen LogP contribution < -0.4 is 16.1 Å². The second kappa shape index (κ2) is 7.77. The summed E-state index contributed by atoms with van der Waals surface area (Å²) in [6.45, 7) is 1.99. The van der Waals surface area contributed by atoms with Crippen molar-refractivity contribution in [2.75, 3.05) is 6.54 Å². The summed E-state index contributed by atoms with van der Waals surface area (Å²) in [7, 11) is 0. The van der Waals surface area contributed by atoms with Crippen LogP contribution in [0, 0.1) is 6.92 Å². The number of amides is 5. The first-order chi connectivity index (χ1) is 12.9. The Morgan fingerprint density at radius 2 is 1.93 bits per heavy atom. The Bertz CT molecular complexity index is 771. The largest absolute Gasteiger partial charge is 0.352 e. The average molecular weight is 372 g/mol. The van der Waals surface area contributed by atoms with Gasteiger partial charge in [-0.3, -0.25) is 19.8 Å². The molecule has 0 atom stereocenters. The molecule has 8 nitrogen and oxygen atoms in total. The molecule has 1 saturated carbocycles. The van der Waals surface area contributed by atoms with E-state index in [1.807, 2.05) is 13.0 Å². The third-order valence-electron chi connectivity index (χ3n) is 5.02. The maximum Gasteiger partial charge on any atom is 0.344 e. The number of rotatable bonds is 5. The molecule has 3 rings (SSSR count). The van der Waals surface area contributed by atoms with E-state index in [4.69, 9.17) is 0 Å². The molecule has 1 spiro atoms. The zero-order valence-corrected chi connectivity index (χ0v) is 15.3. The summed E-state index contributed by atoms with van der Waals surface area (Å²) in [4.78, 5) is 48.8. The van der Waals surface area contributed by atoms with Crippen LogP contribution in [0.15, 0.2) is 24.3 Å². The fraction of sp³-hybridized carbons (Fsp3) is 0.474. The number of hydrogen-bond acceptors (Lipinski definition) is 4. The van der Waals surface area contributed by atoms with Crippen LogP contribution in [0.1, 0.15) is 54.4 Å². The molecular formula is C19H24N4O4. The van der Waals surface area contributed by atoms with Gasteiger partial charge >= 0.3 is 6.03 Å². The van der Waals surface area contributed by atoms with Gasteiger partial charge in [0.15, 0.2) is 0 Å². The molecule has 1 aromatic carbocycles. The summed E-state index contributed by atoms with van der Waals surface area (Å²) in [5.41, 5.74) is 2.97. The summed E-state index contributed by atoms with van der Waals surface area (Å²) < 4.78 is 0. The quantitative estimate of drug-likeness (QED) is 0.679. The molecule has 1 saturated heterocycles. The highest BCUT2D eigenvalue weighted by molar-refractivity contribution is 6.08. The summed E-state index contributed by atoms with van der Waals surface area (Å²) in [6, 6.07) is 6.53. The van der Waals surface area contributed by atoms with Crippen molar-refractivity contribution in [2.45, 2.75) is 51.0 Å². The van der Waals surface area contributed by atoms with Gasteiger partial charge in [0.1, 0.15) is 5.54 Å².